The Hall–Kier alpha value is -6.52. The van der Waals surface area contributed by atoms with Gasteiger partial charge in [-0.05, 0) is 134 Å². The fraction of sp³-hybridized carbons (Fsp3) is 0.323. The minimum atomic E-state index is -2.36. The van der Waals surface area contributed by atoms with Gasteiger partial charge < -0.3 is 0 Å². The van der Waals surface area contributed by atoms with Gasteiger partial charge in [0.15, 0.2) is 24.8 Å². The van der Waals surface area contributed by atoms with Crippen molar-refractivity contribution in [2.75, 3.05) is 0 Å². The van der Waals surface area contributed by atoms with Crippen molar-refractivity contribution < 1.29 is 32.0 Å². The number of rotatable bonds is 10. The van der Waals surface area contributed by atoms with Crippen LogP contribution in [0.5, 0.6) is 0 Å². The van der Waals surface area contributed by atoms with Crippen LogP contribution in [-0.4, -0.2) is 0 Å². The summed E-state index contributed by atoms with van der Waals surface area (Å²) in [6.45, 7) is 16.6. The molecule has 4 heteroatoms. The highest BCUT2D eigenvalue weighted by Crippen LogP contribution is 2.25. The van der Waals surface area contributed by atoms with Crippen molar-refractivity contribution in [2.24, 2.45) is 40.0 Å². The van der Waals surface area contributed by atoms with Crippen LogP contribution in [0.1, 0.15) is 113 Å². The molecule has 0 aliphatic rings. The average molecular weight is 929 g/mol. The third-order valence-electron chi connectivity index (χ3n) is 11.9. The molecule has 1 atom stereocenters. The minimum Gasteiger partial charge on any atom is -0.201 e. The maximum Gasteiger partial charge on any atom is 0.212 e. The quantitative estimate of drug-likeness (QED) is 0.121. The fourth-order valence-electron chi connectivity index (χ4n) is 8.11. The standard InChI is InChI=1S/2C17H22N.C16H20N.C15H18N/c1-13(2)11-15-9-10-18(4)17(12-15)16-8-6-5-7-14(16)3;1-13(2)11-15-9-10-17(18(4)12-15)16-8-6-5-7-14(16)3;1-12(2)14-9-10-16(17(4)11-14)15-8-6-5-7-13(15)3;1-4-13-9-10-16(3)15(11-13)14-8-6-5-7-12(14)2/h2*5-10,12-13H,11H2,1-4H3;5-12H,1-4H3;5-11H,4H2,1-3H3/q4*+1/i2*11D2;1D3,12D;4D2. The molecule has 0 fully saturated rings. The molecule has 358 valence electrons. The van der Waals surface area contributed by atoms with E-state index in [1.165, 1.54) is 29.2 Å². The molecule has 4 aromatic heterocycles. The lowest BCUT2D eigenvalue weighted by Crippen LogP contribution is -2.31. The van der Waals surface area contributed by atoms with Crippen LogP contribution < -0.4 is 18.3 Å². The second kappa shape index (κ2) is 25.7. The predicted octanol–water partition coefficient (Wildman–Crippen LogP) is 14.0. The Balaban J connectivity index is 0.000000194. The SMILES string of the molecule is [2H]C([2H])(C)c1cc[n+](C)c(-c2ccccc2C)c1.[2H]C([2H])([2H])C([2H])(C)c1ccc(-c2ccccc2C)[n+](C)c1.[2H]C([2H])(c1cc[n+](C)c(-c2ccccc2C)c1)C(C)C.[2H]C([2H])(c1ccc(-c2ccccc2C)[n+](C)c1)C(C)C. The number of benzene rings is 4. The summed E-state index contributed by atoms with van der Waals surface area (Å²) in [5.74, 6) is -1.72. The van der Waals surface area contributed by atoms with Crippen molar-refractivity contribution in [1.29, 1.82) is 0 Å². The number of aromatic nitrogens is 4. The normalized spacial score (nSPS) is 14.6. The van der Waals surface area contributed by atoms with Gasteiger partial charge in [-0.3, -0.25) is 0 Å². The van der Waals surface area contributed by atoms with Crippen LogP contribution >= 0.6 is 0 Å². The minimum absolute atomic E-state index is 0.0492. The van der Waals surface area contributed by atoms with Gasteiger partial charge in [-0.2, -0.15) is 0 Å². The van der Waals surface area contributed by atoms with Gasteiger partial charge >= 0.3 is 0 Å². The second-order valence-corrected chi connectivity index (χ2v) is 18.4. The number of nitrogens with zero attached hydrogens (tertiary/aromatic N) is 4. The lowest BCUT2D eigenvalue weighted by atomic mass is 9.99. The van der Waals surface area contributed by atoms with Crippen LogP contribution in [0.15, 0.2) is 170 Å². The number of aryl methyl sites for hydroxylation is 9. The van der Waals surface area contributed by atoms with E-state index in [0.29, 0.717) is 11.1 Å². The van der Waals surface area contributed by atoms with Crippen LogP contribution in [0.4, 0.5) is 0 Å². The van der Waals surface area contributed by atoms with Crippen LogP contribution in [0, 0.1) is 39.5 Å². The molecule has 0 N–H and O–H groups in total. The highest BCUT2D eigenvalue weighted by Gasteiger charge is 2.17. The van der Waals surface area contributed by atoms with Crippen LogP contribution in [0.2, 0.25) is 0 Å². The molecule has 8 aromatic rings. The van der Waals surface area contributed by atoms with Gasteiger partial charge in [-0.1, -0.05) is 121 Å². The van der Waals surface area contributed by atoms with E-state index in [4.69, 9.17) is 13.7 Å². The lowest BCUT2D eigenvalue weighted by Gasteiger charge is -2.08. The Labute approximate surface area is 431 Å². The zero-order valence-corrected chi connectivity index (χ0v) is 43.6. The summed E-state index contributed by atoms with van der Waals surface area (Å²) in [4.78, 5) is 0. The van der Waals surface area contributed by atoms with Crippen molar-refractivity contribution >= 4 is 0 Å². The molecule has 69 heavy (non-hydrogen) atoms. The van der Waals surface area contributed by atoms with Gasteiger partial charge in [-0.25, -0.2) is 18.3 Å². The Bertz CT molecular complexity index is 3360. The van der Waals surface area contributed by atoms with Crippen molar-refractivity contribution in [3.05, 3.63) is 215 Å². The van der Waals surface area contributed by atoms with Gasteiger partial charge in [0.05, 0.1) is 0 Å². The van der Waals surface area contributed by atoms with Crippen molar-refractivity contribution in [2.45, 2.75) is 101 Å². The summed E-state index contributed by atoms with van der Waals surface area (Å²) < 4.78 is 87.2. The molecule has 4 nitrogen and oxygen atoms in total. The molecule has 0 aliphatic carbocycles. The van der Waals surface area contributed by atoms with E-state index >= 15 is 0 Å². The molecule has 0 saturated heterocycles. The second-order valence-electron chi connectivity index (χ2n) is 18.4. The van der Waals surface area contributed by atoms with E-state index in [0.717, 1.165) is 56.2 Å². The third-order valence-corrected chi connectivity index (χ3v) is 11.9. The van der Waals surface area contributed by atoms with E-state index < -0.39 is 31.9 Å². The molecule has 4 heterocycles. The summed E-state index contributed by atoms with van der Waals surface area (Å²) in [5, 5.41) is 0. The molecule has 0 radical (unpaired) electrons. The van der Waals surface area contributed by atoms with E-state index in [2.05, 4.69) is 57.2 Å². The van der Waals surface area contributed by atoms with Crippen LogP contribution in [0.25, 0.3) is 45.0 Å². The Morgan fingerprint density at radius 3 is 1.20 bits per heavy atom. The Morgan fingerprint density at radius 2 is 0.812 bits per heavy atom. The number of hydrogen-bond acceptors (Lipinski definition) is 0. The molecule has 4 aromatic carbocycles. The molecule has 0 aliphatic heterocycles. The van der Waals surface area contributed by atoms with Gasteiger partial charge in [0, 0.05) is 83.5 Å². The zero-order valence-electron chi connectivity index (χ0n) is 53.6. The number of pyridine rings is 4. The van der Waals surface area contributed by atoms with Gasteiger partial charge in [-0.15, -0.1) is 0 Å². The molecule has 0 spiro atoms. The molecule has 0 bridgehead atoms. The maximum atomic E-state index is 8.26. The molecule has 0 saturated carbocycles. The van der Waals surface area contributed by atoms with Gasteiger partial charge in [0.25, 0.3) is 0 Å². The summed E-state index contributed by atoms with van der Waals surface area (Å²) in [6, 6.07) is 47.8. The largest absolute Gasteiger partial charge is 0.212 e. The van der Waals surface area contributed by atoms with Crippen LogP contribution in [-0.2, 0) is 47.3 Å². The maximum absolute atomic E-state index is 8.26. The molecule has 1 unspecified atom stereocenters. The highest BCUT2D eigenvalue weighted by atomic mass is 14.9. The first-order chi connectivity index (χ1) is 36.7. The molecule has 0 amide bonds. The molecular weight excluding hydrogens is 837 g/mol. The van der Waals surface area contributed by atoms with Gasteiger partial charge in [0.1, 0.15) is 28.2 Å². The topological polar surface area (TPSA) is 15.5 Å². The van der Waals surface area contributed by atoms with E-state index in [-0.39, 0.29) is 11.8 Å². The van der Waals surface area contributed by atoms with Crippen LogP contribution in [0.3, 0.4) is 0 Å². The van der Waals surface area contributed by atoms with Gasteiger partial charge in [0.2, 0.25) is 22.8 Å². The summed E-state index contributed by atoms with van der Waals surface area (Å²) in [5.41, 5.74) is 16.2. The fourth-order valence-corrected chi connectivity index (χ4v) is 8.11. The van der Waals surface area contributed by atoms with Crippen molar-refractivity contribution in [3.8, 4) is 45.0 Å². The van der Waals surface area contributed by atoms with E-state index in [9.17, 15) is 0 Å². The smallest absolute Gasteiger partial charge is 0.201 e. The summed E-state index contributed by atoms with van der Waals surface area (Å²) in [6.07, 6.45) is 3.57. The van der Waals surface area contributed by atoms with E-state index in [1.54, 1.807) is 19.2 Å². The monoisotopic (exact) mass is 929 g/mol. The first-order valence-corrected chi connectivity index (χ1v) is 24.0. The Kier molecular flexibility index (Phi) is 15.1. The molecule has 8 rings (SSSR count). The van der Waals surface area contributed by atoms with Crippen molar-refractivity contribution in [3.63, 3.8) is 0 Å². The summed E-state index contributed by atoms with van der Waals surface area (Å²) in [7, 11) is 7.83. The lowest BCUT2D eigenvalue weighted by molar-refractivity contribution is -0.661. The Morgan fingerprint density at radius 1 is 0.435 bits per heavy atom. The van der Waals surface area contributed by atoms with E-state index in [1.807, 2.05) is 203 Å². The zero-order chi connectivity index (χ0) is 59.0. The highest BCUT2D eigenvalue weighted by molar-refractivity contribution is 5.63. The first-order valence-electron chi connectivity index (χ1n) is 29.0. The number of hydrogen-bond donors (Lipinski definition) is 0. The first kappa shape index (κ1) is 40.4. The van der Waals surface area contributed by atoms with Crippen molar-refractivity contribution in [1.82, 2.24) is 0 Å². The molecular formula is C65H82N4+4. The average Bonchev–Trinajstić information content (AvgIpc) is 3.37. The predicted molar refractivity (Wildman–Crippen MR) is 292 cm³/mol. The third kappa shape index (κ3) is 15.2. The summed E-state index contributed by atoms with van der Waals surface area (Å²) >= 11 is 0.